The van der Waals surface area contributed by atoms with Gasteiger partial charge in [0.05, 0.1) is 6.61 Å². The van der Waals surface area contributed by atoms with Crippen molar-refractivity contribution in [1.82, 2.24) is 5.32 Å². The fraction of sp³-hybridized carbons (Fsp3) is 0.400. The van der Waals surface area contributed by atoms with E-state index in [0.717, 1.165) is 31.6 Å². The van der Waals surface area contributed by atoms with Crippen LogP contribution in [0.15, 0.2) is 30.3 Å². The standard InChI is InChI=1S/C15H20N2O2/c16-14-5-1-3-12(9-14)6-7-15(18)17-10-13-4-2-8-19-11-13/h1,3,5-7,9,13H,2,4,8,10-11,16H2,(H,17,18)/b7-6+. The molecule has 0 bridgehead atoms. The number of amides is 1. The van der Waals surface area contributed by atoms with E-state index in [1.807, 2.05) is 24.3 Å². The summed E-state index contributed by atoms with van der Waals surface area (Å²) in [6.07, 6.45) is 5.51. The number of ether oxygens (including phenoxy) is 1. The molecule has 4 nitrogen and oxygen atoms in total. The van der Waals surface area contributed by atoms with E-state index in [2.05, 4.69) is 5.32 Å². The zero-order valence-corrected chi connectivity index (χ0v) is 11.0. The summed E-state index contributed by atoms with van der Waals surface area (Å²) in [5.41, 5.74) is 7.30. The van der Waals surface area contributed by atoms with Crippen molar-refractivity contribution in [2.45, 2.75) is 12.8 Å². The van der Waals surface area contributed by atoms with Crippen LogP contribution < -0.4 is 11.1 Å². The van der Waals surface area contributed by atoms with Gasteiger partial charge >= 0.3 is 0 Å². The smallest absolute Gasteiger partial charge is 0.244 e. The van der Waals surface area contributed by atoms with E-state index in [-0.39, 0.29) is 5.91 Å². The molecule has 1 aromatic carbocycles. The fourth-order valence-corrected chi connectivity index (χ4v) is 2.11. The highest BCUT2D eigenvalue weighted by molar-refractivity contribution is 5.91. The topological polar surface area (TPSA) is 64.4 Å². The third-order valence-electron chi connectivity index (χ3n) is 3.16. The van der Waals surface area contributed by atoms with E-state index < -0.39 is 0 Å². The Morgan fingerprint density at radius 2 is 2.42 bits per heavy atom. The molecule has 4 heteroatoms. The van der Waals surface area contributed by atoms with Crippen LogP contribution in [0.5, 0.6) is 0 Å². The molecule has 0 aromatic heterocycles. The second-order valence-electron chi connectivity index (χ2n) is 4.83. The molecule has 1 atom stereocenters. The predicted molar refractivity (Wildman–Crippen MR) is 76.4 cm³/mol. The minimum Gasteiger partial charge on any atom is -0.399 e. The number of nitrogens with one attached hydrogen (secondary N) is 1. The Morgan fingerprint density at radius 3 is 3.16 bits per heavy atom. The summed E-state index contributed by atoms with van der Waals surface area (Å²) in [4.78, 5) is 11.7. The summed E-state index contributed by atoms with van der Waals surface area (Å²) in [6.45, 7) is 2.28. The Morgan fingerprint density at radius 1 is 1.53 bits per heavy atom. The summed E-state index contributed by atoms with van der Waals surface area (Å²) < 4.78 is 5.37. The van der Waals surface area contributed by atoms with E-state index >= 15 is 0 Å². The zero-order valence-electron chi connectivity index (χ0n) is 11.0. The van der Waals surface area contributed by atoms with Gasteiger partial charge in [-0.3, -0.25) is 4.79 Å². The third kappa shape index (κ3) is 4.75. The molecule has 1 unspecified atom stereocenters. The first-order chi connectivity index (χ1) is 9.24. The lowest BCUT2D eigenvalue weighted by molar-refractivity contribution is -0.116. The van der Waals surface area contributed by atoms with E-state index in [1.54, 1.807) is 12.2 Å². The van der Waals surface area contributed by atoms with Crippen molar-refractivity contribution in [2.24, 2.45) is 5.92 Å². The molecule has 0 aliphatic carbocycles. The number of carbonyl (C=O) groups excluding carboxylic acids is 1. The summed E-state index contributed by atoms with van der Waals surface area (Å²) in [5.74, 6) is 0.367. The fourth-order valence-electron chi connectivity index (χ4n) is 2.11. The summed E-state index contributed by atoms with van der Waals surface area (Å²) in [5, 5.41) is 2.90. The van der Waals surface area contributed by atoms with Gasteiger partial charge in [-0.2, -0.15) is 0 Å². The van der Waals surface area contributed by atoms with Crippen LogP contribution in [0.2, 0.25) is 0 Å². The van der Waals surface area contributed by atoms with Crippen LogP contribution in [0.25, 0.3) is 6.08 Å². The number of carbonyl (C=O) groups is 1. The van der Waals surface area contributed by atoms with Crippen molar-refractivity contribution in [3.05, 3.63) is 35.9 Å². The first kappa shape index (κ1) is 13.6. The van der Waals surface area contributed by atoms with E-state index in [1.165, 1.54) is 0 Å². The maximum absolute atomic E-state index is 11.7. The maximum atomic E-state index is 11.7. The Bertz CT molecular complexity index is 451. The molecular weight excluding hydrogens is 240 g/mol. The maximum Gasteiger partial charge on any atom is 0.244 e. The van der Waals surface area contributed by atoms with Gasteiger partial charge < -0.3 is 15.8 Å². The van der Waals surface area contributed by atoms with Gasteiger partial charge in [0, 0.05) is 24.9 Å². The highest BCUT2D eigenvalue weighted by atomic mass is 16.5. The molecule has 102 valence electrons. The monoisotopic (exact) mass is 260 g/mol. The van der Waals surface area contributed by atoms with Crippen LogP contribution in [-0.2, 0) is 9.53 Å². The van der Waals surface area contributed by atoms with E-state index in [0.29, 0.717) is 18.2 Å². The van der Waals surface area contributed by atoms with Gasteiger partial charge in [0.2, 0.25) is 5.91 Å². The molecular formula is C15H20N2O2. The summed E-state index contributed by atoms with van der Waals surface area (Å²) in [7, 11) is 0. The van der Waals surface area contributed by atoms with Gasteiger partial charge in [0.25, 0.3) is 0 Å². The SMILES string of the molecule is Nc1cccc(/C=C/C(=O)NCC2CCCOC2)c1. The molecule has 0 radical (unpaired) electrons. The quantitative estimate of drug-likeness (QED) is 0.641. The number of hydrogen-bond donors (Lipinski definition) is 2. The van der Waals surface area contributed by atoms with Crippen molar-refractivity contribution < 1.29 is 9.53 Å². The third-order valence-corrected chi connectivity index (χ3v) is 3.16. The lowest BCUT2D eigenvalue weighted by Gasteiger charge is -2.21. The number of nitrogen functional groups attached to an aromatic ring is 1. The average molecular weight is 260 g/mol. The summed E-state index contributed by atoms with van der Waals surface area (Å²) >= 11 is 0. The molecule has 1 amide bonds. The lowest BCUT2D eigenvalue weighted by Crippen LogP contribution is -2.32. The molecule has 1 aromatic rings. The molecule has 19 heavy (non-hydrogen) atoms. The van der Waals surface area contributed by atoms with Gasteiger partial charge in [0.1, 0.15) is 0 Å². The average Bonchev–Trinajstić information content (AvgIpc) is 2.44. The Balaban J connectivity index is 1.77. The van der Waals surface area contributed by atoms with Crippen LogP contribution in [0.3, 0.4) is 0 Å². The number of benzene rings is 1. The van der Waals surface area contributed by atoms with Crippen LogP contribution in [0, 0.1) is 5.92 Å². The van der Waals surface area contributed by atoms with Crippen molar-refractivity contribution in [1.29, 1.82) is 0 Å². The minimum atomic E-state index is -0.0759. The second-order valence-corrected chi connectivity index (χ2v) is 4.83. The predicted octanol–water partition coefficient (Wildman–Crippen LogP) is 1.82. The Hall–Kier alpha value is -1.81. The van der Waals surface area contributed by atoms with Crippen molar-refractivity contribution >= 4 is 17.7 Å². The zero-order chi connectivity index (χ0) is 13.5. The highest BCUT2D eigenvalue weighted by Crippen LogP contribution is 2.12. The molecule has 3 N–H and O–H groups in total. The van der Waals surface area contributed by atoms with Crippen molar-refractivity contribution in [3.8, 4) is 0 Å². The van der Waals surface area contributed by atoms with Gasteiger partial charge in [-0.15, -0.1) is 0 Å². The van der Waals surface area contributed by atoms with E-state index in [9.17, 15) is 4.79 Å². The van der Waals surface area contributed by atoms with Gasteiger partial charge in [0.15, 0.2) is 0 Å². The molecule has 0 spiro atoms. The molecule has 1 fully saturated rings. The normalized spacial score (nSPS) is 19.5. The first-order valence-corrected chi connectivity index (χ1v) is 6.63. The minimum absolute atomic E-state index is 0.0759. The number of nitrogens with two attached hydrogens (primary N) is 1. The molecule has 1 aliphatic heterocycles. The van der Waals surface area contributed by atoms with E-state index in [4.69, 9.17) is 10.5 Å². The van der Waals surface area contributed by atoms with Gasteiger partial charge in [-0.1, -0.05) is 12.1 Å². The highest BCUT2D eigenvalue weighted by Gasteiger charge is 2.13. The van der Waals surface area contributed by atoms with Crippen LogP contribution in [-0.4, -0.2) is 25.7 Å². The van der Waals surface area contributed by atoms with Crippen molar-refractivity contribution in [2.75, 3.05) is 25.5 Å². The van der Waals surface area contributed by atoms with Crippen LogP contribution in [0.4, 0.5) is 5.69 Å². The van der Waals surface area contributed by atoms with Gasteiger partial charge in [-0.25, -0.2) is 0 Å². The molecule has 1 heterocycles. The number of hydrogen-bond acceptors (Lipinski definition) is 3. The molecule has 2 rings (SSSR count). The Kier molecular flexibility index (Phi) is 4.98. The largest absolute Gasteiger partial charge is 0.399 e. The second kappa shape index (κ2) is 6.95. The molecule has 1 saturated heterocycles. The molecule has 0 saturated carbocycles. The lowest BCUT2D eigenvalue weighted by atomic mass is 10.0. The molecule has 1 aliphatic rings. The Labute approximate surface area is 113 Å². The number of rotatable bonds is 4. The van der Waals surface area contributed by atoms with Gasteiger partial charge in [-0.05, 0) is 42.5 Å². The summed E-state index contributed by atoms with van der Waals surface area (Å²) in [6, 6.07) is 7.43. The van der Waals surface area contributed by atoms with Crippen LogP contribution >= 0.6 is 0 Å². The van der Waals surface area contributed by atoms with Crippen molar-refractivity contribution in [3.63, 3.8) is 0 Å². The first-order valence-electron chi connectivity index (χ1n) is 6.63. The number of anilines is 1. The van der Waals surface area contributed by atoms with Crippen LogP contribution in [0.1, 0.15) is 18.4 Å².